The Kier molecular flexibility index (Phi) is 7.78. The van der Waals surface area contributed by atoms with Crippen LogP contribution in [0.3, 0.4) is 0 Å². The van der Waals surface area contributed by atoms with Gasteiger partial charge in [-0.1, -0.05) is 60.5 Å². The molecule has 3 aromatic rings. The fourth-order valence-electron chi connectivity index (χ4n) is 4.03. The molecule has 2 aromatic carbocycles. The second kappa shape index (κ2) is 10.8. The van der Waals surface area contributed by atoms with Gasteiger partial charge in [0.2, 0.25) is 5.13 Å². The van der Waals surface area contributed by atoms with Crippen LogP contribution in [0.4, 0.5) is 9.52 Å². The molecule has 1 N–H and O–H groups in total. The third-order valence-corrected chi connectivity index (χ3v) is 7.31. The zero-order valence-corrected chi connectivity index (χ0v) is 21.1. The predicted octanol–water partition coefficient (Wildman–Crippen LogP) is 5.27. The molecule has 184 valence electrons. The number of hydrogen-bond acceptors (Lipinski definition) is 6. The van der Waals surface area contributed by atoms with Crippen LogP contribution in [0.1, 0.15) is 41.3 Å². The molecule has 10 heteroatoms. The number of amides is 1. The number of aryl methyl sites for hydroxylation is 1. The average Bonchev–Trinajstić information content (AvgIpc) is 3.27. The summed E-state index contributed by atoms with van der Waals surface area (Å²) >= 11 is 7.17. The van der Waals surface area contributed by atoms with E-state index in [0.717, 1.165) is 29.5 Å². The number of rotatable bonds is 9. The van der Waals surface area contributed by atoms with Crippen molar-refractivity contribution >= 4 is 39.9 Å². The average molecular weight is 517 g/mol. The number of benzene rings is 2. The lowest BCUT2D eigenvalue weighted by atomic mass is 9.98. The van der Waals surface area contributed by atoms with Crippen LogP contribution in [-0.2, 0) is 11.3 Å². The molecule has 1 amide bonds. The van der Waals surface area contributed by atoms with E-state index < -0.39 is 17.7 Å². The number of carbonyl (C=O) groups excluding carboxylic acids is 1. The molecule has 2 heterocycles. The number of unbranched alkanes of at least 4 members (excludes halogenated alkanes) is 1. The van der Waals surface area contributed by atoms with E-state index in [0.29, 0.717) is 36.3 Å². The highest BCUT2D eigenvalue weighted by Gasteiger charge is 2.32. The van der Waals surface area contributed by atoms with Crippen molar-refractivity contribution in [3.63, 3.8) is 0 Å². The van der Waals surface area contributed by atoms with Gasteiger partial charge >= 0.3 is 5.97 Å². The molecule has 35 heavy (non-hydrogen) atoms. The number of nitrogens with zero attached hydrogens (tertiary/aromatic N) is 4. The van der Waals surface area contributed by atoms with E-state index in [4.69, 9.17) is 16.7 Å². The van der Waals surface area contributed by atoms with Crippen LogP contribution >= 0.6 is 22.9 Å². The number of carboxylic acid groups (broad SMARTS) is 1. The number of hydrogen-bond donors (Lipinski definition) is 1. The number of anilines is 1. The van der Waals surface area contributed by atoms with Crippen molar-refractivity contribution in [2.75, 3.05) is 24.5 Å². The molecule has 0 aliphatic carbocycles. The Bertz CT molecular complexity index is 1250. The molecule has 1 aromatic heterocycles. The van der Waals surface area contributed by atoms with Crippen LogP contribution in [0.25, 0.3) is 10.6 Å². The number of aliphatic carboxylic acids is 1. The van der Waals surface area contributed by atoms with E-state index in [-0.39, 0.29) is 16.5 Å². The minimum atomic E-state index is -0.746. The first-order chi connectivity index (χ1) is 16.8. The molecule has 0 unspecified atom stereocenters. The Balaban J connectivity index is 1.53. The zero-order chi connectivity index (χ0) is 25.1. The Morgan fingerprint density at radius 3 is 2.71 bits per heavy atom. The molecule has 1 fully saturated rings. The lowest BCUT2D eigenvalue weighted by Gasteiger charge is -2.36. The van der Waals surface area contributed by atoms with Crippen molar-refractivity contribution in [2.24, 2.45) is 5.92 Å². The third-order valence-electron chi connectivity index (χ3n) is 6.04. The summed E-state index contributed by atoms with van der Waals surface area (Å²) in [7, 11) is 0. The molecule has 1 saturated heterocycles. The van der Waals surface area contributed by atoms with Crippen molar-refractivity contribution in [1.29, 1.82) is 0 Å². The quantitative estimate of drug-likeness (QED) is 0.417. The summed E-state index contributed by atoms with van der Waals surface area (Å²) in [5, 5.41) is 18.6. The van der Waals surface area contributed by atoms with Gasteiger partial charge in [0.05, 0.1) is 16.5 Å². The molecule has 4 rings (SSSR count). The van der Waals surface area contributed by atoms with Crippen LogP contribution in [0, 0.1) is 18.7 Å². The molecular weight excluding hydrogens is 491 g/mol. The van der Waals surface area contributed by atoms with Gasteiger partial charge in [-0.25, -0.2) is 4.39 Å². The maximum atomic E-state index is 14.5. The van der Waals surface area contributed by atoms with Gasteiger partial charge in [-0.3, -0.25) is 19.4 Å². The molecule has 0 radical (unpaired) electrons. The second-order valence-electron chi connectivity index (χ2n) is 8.68. The number of likely N-dealkylation sites (tertiary alicyclic amines) is 1. The zero-order valence-electron chi connectivity index (χ0n) is 19.5. The molecule has 0 spiro atoms. The van der Waals surface area contributed by atoms with Gasteiger partial charge in [0.1, 0.15) is 5.01 Å². The van der Waals surface area contributed by atoms with Crippen LogP contribution in [0.2, 0.25) is 5.02 Å². The fourth-order valence-corrected chi connectivity index (χ4v) is 5.16. The lowest BCUT2D eigenvalue weighted by Crippen LogP contribution is -2.49. The Labute approximate surface area is 212 Å². The van der Waals surface area contributed by atoms with Crippen LogP contribution in [-0.4, -0.2) is 51.7 Å². The van der Waals surface area contributed by atoms with Crippen LogP contribution in [0.15, 0.2) is 36.4 Å². The topological polar surface area (TPSA) is 86.6 Å². The number of carboxylic acids is 1. The Morgan fingerprint density at radius 1 is 1.26 bits per heavy atom. The van der Waals surface area contributed by atoms with E-state index in [1.54, 1.807) is 6.07 Å². The molecule has 7 nitrogen and oxygen atoms in total. The maximum Gasteiger partial charge on any atom is 0.309 e. The van der Waals surface area contributed by atoms with Crippen molar-refractivity contribution in [3.8, 4) is 10.6 Å². The summed E-state index contributed by atoms with van der Waals surface area (Å²) < 4.78 is 14.5. The van der Waals surface area contributed by atoms with Crippen LogP contribution in [0.5, 0.6) is 0 Å². The second-order valence-corrected chi connectivity index (χ2v) is 10.0. The largest absolute Gasteiger partial charge is 0.481 e. The van der Waals surface area contributed by atoms with Gasteiger partial charge in [-0.05, 0) is 36.6 Å². The Hall–Kier alpha value is -2.88. The van der Waals surface area contributed by atoms with E-state index in [1.165, 1.54) is 28.4 Å². The minimum Gasteiger partial charge on any atom is -0.481 e. The van der Waals surface area contributed by atoms with Gasteiger partial charge in [0.15, 0.2) is 5.82 Å². The van der Waals surface area contributed by atoms with Gasteiger partial charge < -0.3 is 5.11 Å². The first kappa shape index (κ1) is 25.2. The lowest BCUT2D eigenvalue weighted by molar-refractivity contribution is -0.147. The summed E-state index contributed by atoms with van der Waals surface area (Å²) in [5.41, 5.74) is 2.91. The van der Waals surface area contributed by atoms with Crippen molar-refractivity contribution in [1.82, 2.24) is 15.1 Å². The number of carbonyl (C=O) groups is 2. The summed E-state index contributed by atoms with van der Waals surface area (Å²) in [4.78, 5) is 27.8. The number of halogens is 2. The van der Waals surface area contributed by atoms with Gasteiger partial charge in [0.25, 0.3) is 5.91 Å². The molecular formula is C25H26ClFN4O3S. The first-order valence-electron chi connectivity index (χ1n) is 11.4. The molecule has 0 atom stereocenters. The summed E-state index contributed by atoms with van der Waals surface area (Å²) in [6, 6.07) is 10.4. The minimum absolute atomic E-state index is 0.0954. The van der Waals surface area contributed by atoms with E-state index in [2.05, 4.69) is 21.2 Å². The normalized spacial score (nSPS) is 14.1. The molecule has 1 aliphatic heterocycles. The molecule has 0 saturated carbocycles. The van der Waals surface area contributed by atoms with Gasteiger partial charge in [-0.15, -0.1) is 10.2 Å². The fraction of sp³-hybridized carbons (Fsp3) is 0.360. The standard InChI is InChI=1S/C25H26ClFN4O3S/c1-3-4-10-31(23(32)19-6-5-7-20(26)21(19)27)25-29-28-22(35-25)18-9-8-16(11-15(18)2)12-30-13-17(14-30)24(33)34/h5-9,11,17H,3-4,10,12-14H2,1-2H3,(H,33,34). The van der Waals surface area contributed by atoms with Crippen LogP contribution < -0.4 is 4.90 Å². The van der Waals surface area contributed by atoms with Crippen molar-refractivity contribution in [3.05, 3.63) is 63.9 Å². The molecule has 1 aliphatic rings. The molecule has 0 bridgehead atoms. The third kappa shape index (κ3) is 5.52. The highest BCUT2D eigenvalue weighted by atomic mass is 35.5. The van der Waals surface area contributed by atoms with E-state index in [9.17, 15) is 14.0 Å². The maximum absolute atomic E-state index is 14.5. The Morgan fingerprint density at radius 2 is 2.03 bits per heavy atom. The summed E-state index contributed by atoms with van der Waals surface area (Å²) in [6.45, 7) is 6.20. The smallest absolute Gasteiger partial charge is 0.309 e. The summed E-state index contributed by atoms with van der Waals surface area (Å²) in [6.07, 6.45) is 1.59. The van der Waals surface area contributed by atoms with Crippen molar-refractivity contribution in [2.45, 2.75) is 33.2 Å². The SMILES string of the molecule is CCCCN(C(=O)c1cccc(Cl)c1F)c1nnc(-c2ccc(CN3CC(C(=O)O)C3)cc2C)s1. The van der Waals surface area contributed by atoms with Crippen molar-refractivity contribution < 1.29 is 19.1 Å². The highest BCUT2D eigenvalue weighted by molar-refractivity contribution is 7.18. The monoisotopic (exact) mass is 516 g/mol. The first-order valence-corrected chi connectivity index (χ1v) is 12.6. The predicted molar refractivity (Wildman–Crippen MR) is 134 cm³/mol. The van der Waals surface area contributed by atoms with E-state index in [1.807, 2.05) is 26.0 Å². The summed E-state index contributed by atoms with van der Waals surface area (Å²) in [5.74, 6) is -2.27. The number of aromatic nitrogens is 2. The van der Waals surface area contributed by atoms with Gasteiger partial charge in [-0.2, -0.15) is 0 Å². The van der Waals surface area contributed by atoms with E-state index >= 15 is 0 Å². The van der Waals surface area contributed by atoms with Gasteiger partial charge in [0, 0.05) is 31.7 Å². The highest BCUT2D eigenvalue weighted by Crippen LogP contribution is 2.33.